The lowest BCUT2D eigenvalue weighted by Crippen LogP contribution is -2.47. The zero-order valence-electron chi connectivity index (χ0n) is 14.2. The van der Waals surface area contributed by atoms with Crippen molar-refractivity contribution in [3.8, 4) is 22.4 Å². The second-order valence-corrected chi connectivity index (χ2v) is 5.76. The van der Waals surface area contributed by atoms with E-state index < -0.39 is 6.04 Å². The number of aromatic nitrogens is 1. The van der Waals surface area contributed by atoms with Crippen molar-refractivity contribution in [1.29, 1.82) is 0 Å². The van der Waals surface area contributed by atoms with E-state index in [1.807, 2.05) is 24.3 Å². The van der Waals surface area contributed by atoms with Crippen LogP contribution >= 0.6 is 15.9 Å². The highest BCUT2D eigenvalue weighted by Crippen LogP contribution is 2.19. The summed E-state index contributed by atoms with van der Waals surface area (Å²) in [6, 6.07) is 12.0. The van der Waals surface area contributed by atoms with Crippen LogP contribution in [-0.4, -0.2) is 29.4 Å². The molecule has 0 bridgehead atoms. The zero-order chi connectivity index (χ0) is 18.8. The van der Waals surface area contributed by atoms with Gasteiger partial charge in [-0.05, 0) is 28.6 Å². The van der Waals surface area contributed by atoms with E-state index in [1.54, 1.807) is 24.4 Å². The molecule has 1 aromatic heterocycles. The summed E-state index contributed by atoms with van der Waals surface area (Å²) < 4.78 is 5.64. The Morgan fingerprint density at radius 2 is 2.00 bits per heavy atom. The molecule has 0 aliphatic carbocycles. The molecular weight excluding hydrogens is 398 g/mol. The maximum absolute atomic E-state index is 12.2. The van der Waals surface area contributed by atoms with Crippen LogP contribution in [0.15, 0.2) is 48.7 Å². The summed E-state index contributed by atoms with van der Waals surface area (Å²) >= 11 is 2.96. The van der Waals surface area contributed by atoms with Gasteiger partial charge in [0.05, 0.1) is 6.54 Å². The molecule has 0 fully saturated rings. The number of hydrogen-bond donors (Lipinski definition) is 2. The van der Waals surface area contributed by atoms with E-state index in [0.717, 1.165) is 5.56 Å². The predicted molar refractivity (Wildman–Crippen MR) is 102 cm³/mol. The topological polar surface area (TPSA) is 80.3 Å². The number of nitrogens with one attached hydrogen (secondary N) is 2. The first-order valence-electron chi connectivity index (χ1n) is 7.89. The third kappa shape index (κ3) is 6.57. The van der Waals surface area contributed by atoms with Crippen molar-refractivity contribution in [1.82, 2.24) is 15.6 Å². The summed E-state index contributed by atoms with van der Waals surface area (Å²) in [6.07, 6.45) is 2.01. The van der Waals surface area contributed by atoms with E-state index in [2.05, 4.69) is 42.3 Å². The van der Waals surface area contributed by atoms with Crippen molar-refractivity contribution in [3.63, 3.8) is 0 Å². The maximum Gasteiger partial charge on any atom is 0.243 e. The van der Waals surface area contributed by atoms with Gasteiger partial charge in [0.2, 0.25) is 17.7 Å². The Bertz CT molecular complexity index is 798. The number of carbonyl (C=O) groups excluding carboxylic acids is 2. The number of rotatable bonds is 7. The quantitative estimate of drug-likeness (QED) is 0.680. The molecule has 2 aromatic rings. The van der Waals surface area contributed by atoms with Crippen LogP contribution < -0.4 is 15.4 Å². The van der Waals surface area contributed by atoms with E-state index in [-0.39, 0.29) is 18.4 Å². The van der Waals surface area contributed by atoms with Crippen LogP contribution in [0.2, 0.25) is 0 Å². The highest BCUT2D eigenvalue weighted by atomic mass is 79.9. The smallest absolute Gasteiger partial charge is 0.243 e. The molecule has 0 saturated heterocycles. The van der Waals surface area contributed by atoms with Gasteiger partial charge in [0, 0.05) is 41.5 Å². The minimum Gasteiger partial charge on any atom is -0.439 e. The SMILES string of the molecule is CC(=O)NC(Cc1ccc(Oc2ccccn2)cc1)C(=O)NCC#CBr. The lowest BCUT2D eigenvalue weighted by molar-refractivity contribution is -0.127. The molecule has 2 rings (SSSR count). The maximum atomic E-state index is 12.2. The molecule has 1 atom stereocenters. The van der Waals surface area contributed by atoms with Crippen molar-refractivity contribution in [2.45, 2.75) is 19.4 Å². The van der Waals surface area contributed by atoms with Crippen LogP contribution in [-0.2, 0) is 16.0 Å². The first-order valence-corrected chi connectivity index (χ1v) is 8.69. The second kappa shape index (κ2) is 10.2. The minimum atomic E-state index is -0.674. The molecule has 1 unspecified atom stereocenters. The summed E-state index contributed by atoms with van der Waals surface area (Å²) in [5, 5.41) is 5.32. The molecule has 2 amide bonds. The van der Waals surface area contributed by atoms with Gasteiger partial charge in [-0.3, -0.25) is 9.59 Å². The highest BCUT2D eigenvalue weighted by Gasteiger charge is 2.19. The number of carbonyl (C=O) groups is 2. The molecule has 1 aromatic carbocycles. The fraction of sp³-hybridized carbons (Fsp3) is 0.211. The number of pyridine rings is 1. The van der Waals surface area contributed by atoms with E-state index in [0.29, 0.717) is 18.1 Å². The van der Waals surface area contributed by atoms with Crippen LogP contribution in [0.25, 0.3) is 0 Å². The largest absolute Gasteiger partial charge is 0.439 e. The number of ether oxygens (including phenoxy) is 1. The van der Waals surface area contributed by atoms with E-state index in [4.69, 9.17) is 4.74 Å². The fourth-order valence-corrected chi connectivity index (χ4v) is 2.34. The molecule has 7 heteroatoms. The monoisotopic (exact) mass is 415 g/mol. The van der Waals surface area contributed by atoms with Crippen LogP contribution in [0.1, 0.15) is 12.5 Å². The molecule has 0 aliphatic rings. The summed E-state index contributed by atoms with van der Waals surface area (Å²) in [7, 11) is 0. The average molecular weight is 416 g/mol. The lowest BCUT2D eigenvalue weighted by Gasteiger charge is -2.17. The van der Waals surface area contributed by atoms with Crippen LogP contribution in [0.4, 0.5) is 0 Å². The third-order valence-electron chi connectivity index (χ3n) is 3.34. The Labute approximate surface area is 160 Å². The Balaban J connectivity index is 2.01. The van der Waals surface area contributed by atoms with Crippen molar-refractivity contribution < 1.29 is 14.3 Å². The summed E-state index contributed by atoms with van der Waals surface area (Å²) in [4.78, 5) is 30.2. The van der Waals surface area contributed by atoms with Gasteiger partial charge in [-0.15, -0.1) is 0 Å². The fourth-order valence-electron chi connectivity index (χ4n) is 2.20. The Morgan fingerprint density at radius 1 is 1.23 bits per heavy atom. The van der Waals surface area contributed by atoms with Gasteiger partial charge >= 0.3 is 0 Å². The molecule has 26 heavy (non-hydrogen) atoms. The molecule has 0 aliphatic heterocycles. The first-order chi connectivity index (χ1) is 12.6. The van der Waals surface area contributed by atoms with Gasteiger partial charge in [0.15, 0.2) is 0 Å². The minimum absolute atomic E-state index is 0.205. The van der Waals surface area contributed by atoms with Crippen molar-refractivity contribution >= 4 is 27.7 Å². The number of halogens is 1. The first kappa shape index (κ1) is 19.5. The Kier molecular flexibility index (Phi) is 7.65. The molecule has 6 nitrogen and oxygen atoms in total. The van der Waals surface area contributed by atoms with Crippen molar-refractivity contribution in [2.24, 2.45) is 0 Å². The molecular formula is C19H18BrN3O3. The number of hydrogen-bond acceptors (Lipinski definition) is 4. The van der Waals surface area contributed by atoms with Crippen molar-refractivity contribution in [2.75, 3.05) is 6.54 Å². The van der Waals surface area contributed by atoms with Gasteiger partial charge in [-0.25, -0.2) is 4.98 Å². The molecule has 0 spiro atoms. The number of nitrogens with zero attached hydrogens (tertiary/aromatic N) is 1. The lowest BCUT2D eigenvalue weighted by atomic mass is 10.0. The van der Waals surface area contributed by atoms with Gasteiger partial charge < -0.3 is 15.4 Å². The molecule has 0 saturated carbocycles. The predicted octanol–water partition coefficient (Wildman–Crippen LogP) is 2.39. The van der Waals surface area contributed by atoms with Crippen molar-refractivity contribution in [3.05, 3.63) is 54.2 Å². The standard InChI is InChI=1S/C19H18BrN3O3/c1-14(24)23-17(19(25)22-12-4-10-20)13-15-6-8-16(9-7-15)26-18-5-2-3-11-21-18/h2-3,5-9,11,17H,12-13H2,1H3,(H,22,25)(H,23,24). The highest BCUT2D eigenvalue weighted by molar-refractivity contribution is 9.12. The Hall–Kier alpha value is -2.85. The van der Waals surface area contributed by atoms with Crippen LogP contribution in [0.5, 0.6) is 11.6 Å². The number of amides is 2. The Morgan fingerprint density at radius 3 is 2.62 bits per heavy atom. The van der Waals surface area contributed by atoms with Gasteiger partial charge in [-0.1, -0.05) is 24.1 Å². The van der Waals surface area contributed by atoms with Gasteiger partial charge in [-0.2, -0.15) is 0 Å². The van der Waals surface area contributed by atoms with Gasteiger partial charge in [0.1, 0.15) is 11.8 Å². The summed E-state index contributed by atoms with van der Waals surface area (Å²) in [5.41, 5.74) is 0.888. The van der Waals surface area contributed by atoms with Gasteiger partial charge in [0.25, 0.3) is 0 Å². The molecule has 2 N–H and O–H groups in total. The van der Waals surface area contributed by atoms with E-state index in [1.165, 1.54) is 6.92 Å². The zero-order valence-corrected chi connectivity index (χ0v) is 15.7. The summed E-state index contributed by atoms with van der Waals surface area (Å²) in [5.74, 6) is 3.27. The molecule has 134 valence electrons. The van der Waals surface area contributed by atoms with Crippen LogP contribution in [0, 0.1) is 10.8 Å². The van der Waals surface area contributed by atoms with E-state index in [9.17, 15) is 9.59 Å². The molecule has 1 heterocycles. The third-order valence-corrected chi connectivity index (χ3v) is 3.62. The molecule has 0 radical (unpaired) electrons. The normalized spacial score (nSPS) is 10.8. The average Bonchev–Trinajstić information content (AvgIpc) is 2.63. The summed E-state index contributed by atoms with van der Waals surface area (Å²) in [6.45, 7) is 1.58. The van der Waals surface area contributed by atoms with E-state index >= 15 is 0 Å². The number of benzene rings is 1. The van der Waals surface area contributed by atoms with Crippen LogP contribution in [0.3, 0.4) is 0 Å². The second-order valence-electron chi connectivity index (χ2n) is 5.36.